The summed E-state index contributed by atoms with van der Waals surface area (Å²) in [6.45, 7) is 0. The molecule has 12 heavy (non-hydrogen) atoms. The number of ketones is 1. The molecular weight excluding hydrogens is 154 g/mol. The van der Waals surface area contributed by atoms with Crippen molar-refractivity contribution in [2.75, 3.05) is 0 Å². The first kappa shape index (κ1) is 8.76. The number of carbonyl (C=O) groups excluding carboxylic acids is 1. The van der Waals surface area contributed by atoms with Gasteiger partial charge in [-0.15, -0.1) is 0 Å². The van der Waals surface area contributed by atoms with Gasteiger partial charge in [-0.25, -0.2) is 0 Å². The van der Waals surface area contributed by atoms with E-state index < -0.39 is 0 Å². The number of hydrogen-bond donors (Lipinski definition) is 0. The zero-order valence-corrected chi connectivity index (χ0v) is 6.38. The molecule has 0 aliphatic heterocycles. The Kier molecular flexibility index (Phi) is 2.84. The molecule has 0 unspecified atom stereocenters. The summed E-state index contributed by atoms with van der Waals surface area (Å²) in [7, 11) is 4.95. The summed E-state index contributed by atoms with van der Waals surface area (Å²) in [5.74, 6) is 1.73. The fraction of sp³-hybridized carbons (Fsp3) is 0.111. The summed E-state index contributed by atoms with van der Waals surface area (Å²) in [6, 6.07) is 5.33. The van der Waals surface area contributed by atoms with Gasteiger partial charge in [0.1, 0.15) is 0 Å². The molecule has 0 heterocycles. The molecule has 0 saturated carbocycles. The second-order valence-electron chi connectivity index (χ2n) is 2.31. The zero-order chi connectivity index (χ0) is 8.97. The van der Waals surface area contributed by atoms with Crippen molar-refractivity contribution < 1.29 is 9.18 Å². The van der Waals surface area contributed by atoms with Crippen molar-refractivity contribution in [1.82, 2.24) is 0 Å². The third-order valence-corrected chi connectivity index (χ3v) is 1.43. The second kappa shape index (κ2) is 3.89. The third kappa shape index (κ3) is 2.07. The van der Waals surface area contributed by atoms with E-state index in [-0.39, 0.29) is 18.0 Å². The van der Waals surface area contributed by atoms with Crippen LogP contribution in [0.2, 0.25) is 0 Å². The molecule has 1 nitrogen and oxygen atoms in total. The van der Waals surface area contributed by atoms with Crippen molar-refractivity contribution in [1.29, 1.82) is 0 Å². The SMILES string of the molecule is B#CCC(=O)c1ccc(F)cc1. The number of carbonyl (C=O) groups is 1. The van der Waals surface area contributed by atoms with Crippen molar-refractivity contribution in [3.8, 4) is 5.80 Å². The molecule has 0 aliphatic rings. The van der Waals surface area contributed by atoms with Crippen molar-refractivity contribution in [3.05, 3.63) is 35.6 Å². The number of hydrogen-bond acceptors (Lipinski definition) is 1. The monoisotopic (exact) mass is 160 g/mol. The van der Waals surface area contributed by atoms with Crippen LogP contribution in [0.25, 0.3) is 0 Å². The molecule has 0 bridgehead atoms. The number of benzene rings is 1. The Balaban J connectivity index is 2.84. The van der Waals surface area contributed by atoms with Crippen LogP contribution in [-0.2, 0) is 0 Å². The van der Waals surface area contributed by atoms with Crippen LogP contribution in [0.15, 0.2) is 24.3 Å². The van der Waals surface area contributed by atoms with Gasteiger partial charge in [0, 0.05) is 0 Å². The average molecular weight is 160 g/mol. The van der Waals surface area contributed by atoms with Crippen LogP contribution in [0.4, 0.5) is 4.39 Å². The molecule has 0 radical (unpaired) electrons. The second-order valence-corrected chi connectivity index (χ2v) is 2.31. The van der Waals surface area contributed by atoms with E-state index in [9.17, 15) is 9.18 Å². The summed E-state index contributed by atoms with van der Waals surface area (Å²) in [5, 5.41) is 0. The molecule has 0 saturated heterocycles. The molecule has 0 fully saturated rings. The maximum atomic E-state index is 12.4. The molecular formula is C9H6BFO. The minimum absolute atomic E-state index is 0.0611. The molecule has 0 aliphatic carbocycles. The molecule has 0 atom stereocenters. The average Bonchev–Trinajstić information content (AvgIpc) is 2.06. The normalized spacial score (nSPS) is 9.25. The Bertz CT molecular complexity index is 323. The fourth-order valence-electron chi connectivity index (χ4n) is 0.831. The van der Waals surface area contributed by atoms with Crippen molar-refractivity contribution >= 4 is 13.1 Å². The Labute approximate surface area is 71.0 Å². The van der Waals surface area contributed by atoms with Crippen LogP contribution in [-0.4, -0.2) is 13.1 Å². The number of halogens is 1. The molecule has 0 N–H and O–H groups in total. The van der Waals surface area contributed by atoms with Crippen LogP contribution in [0, 0.1) is 11.6 Å². The Morgan fingerprint density at radius 1 is 1.42 bits per heavy atom. The van der Waals surface area contributed by atoms with Gasteiger partial charge in [-0.3, -0.25) is 0 Å². The standard InChI is InChI=1S/C9H6BFO/c10-6-5-9(12)7-1-3-8(11)4-2-7/h1-4H,5H2. The van der Waals surface area contributed by atoms with Gasteiger partial charge in [-0.05, 0) is 0 Å². The number of Topliss-reactive ketones (excluding diaryl/α,β-unsaturated/α-hetero) is 1. The van der Waals surface area contributed by atoms with E-state index >= 15 is 0 Å². The molecule has 1 aromatic carbocycles. The third-order valence-electron chi connectivity index (χ3n) is 1.43. The van der Waals surface area contributed by atoms with Crippen LogP contribution >= 0.6 is 0 Å². The van der Waals surface area contributed by atoms with Gasteiger partial charge < -0.3 is 0 Å². The molecule has 1 rings (SSSR count). The van der Waals surface area contributed by atoms with Gasteiger partial charge in [0.15, 0.2) is 0 Å². The Morgan fingerprint density at radius 3 is 2.50 bits per heavy atom. The first-order chi connectivity index (χ1) is 5.74. The minimum atomic E-state index is -0.354. The van der Waals surface area contributed by atoms with Crippen LogP contribution < -0.4 is 0 Å². The van der Waals surface area contributed by atoms with E-state index in [0.717, 1.165) is 0 Å². The van der Waals surface area contributed by atoms with Crippen molar-refractivity contribution in [2.45, 2.75) is 6.42 Å². The van der Waals surface area contributed by atoms with Gasteiger partial charge in [-0.1, -0.05) is 0 Å². The maximum absolute atomic E-state index is 12.4. The summed E-state index contributed by atoms with van der Waals surface area (Å²) in [6.07, 6.45) is 0.0611. The molecule has 0 spiro atoms. The van der Waals surface area contributed by atoms with E-state index in [2.05, 4.69) is 5.80 Å². The first-order valence-corrected chi connectivity index (χ1v) is 3.46. The Hall–Kier alpha value is -1.34. The summed E-state index contributed by atoms with van der Waals surface area (Å²) >= 11 is 0. The molecule has 0 aromatic heterocycles. The van der Waals surface area contributed by atoms with E-state index in [1.165, 1.54) is 24.3 Å². The van der Waals surface area contributed by atoms with Gasteiger partial charge in [0.25, 0.3) is 0 Å². The molecule has 1 aromatic rings. The van der Waals surface area contributed by atoms with Crippen molar-refractivity contribution in [2.24, 2.45) is 0 Å². The van der Waals surface area contributed by atoms with E-state index in [0.29, 0.717) is 5.56 Å². The van der Waals surface area contributed by atoms with E-state index in [1.54, 1.807) is 0 Å². The van der Waals surface area contributed by atoms with Crippen LogP contribution in [0.5, 0.6) is 0 Å². The number of rotatable bonds is 2. The Morgan fingerprint density at radius 2 is 2.00 bits per heavy atom. The predicted octanol–water partition coefficient (Wildman–Crippen LogP) is 1.53. The zero-order valence-electron chi connectivity index (χ0n) is 6.38. The molecule has 0 amide bonds. The van der Waals surface area contributed by atoms with Gasteiger partial charge in [0.2, 0.25) is 0 Å². The summed E-state index contributed by atoms with van der Waals surface area (Å²) < 4.78 is 12.4. The van der Waals surface area contributed by atoms with Crippen molar-refractivity contribution in [3.63, 3.8) is 0 Å². The van der Waals surface area contributed by atoms with Gasteiger partial charge in [-0.2, -0.15) is 0 Å². The van der Waals surface area contributed by atoms with Crippen LogP contribution in [0.1, 0.15) is 16.8 Å². The van der Waals surface area contributed by atoms with E-state index in [1.807, 2.05) is 0 Å². The fourth-order valence-corrected chi connectivity index (χ4v) is 0.831. The first-order valence-electron chi connectivity index (χ1n) is 3.46. The molecule has 58 valence electrons. The summed E-state index contributed by atoms with van der Waals surface area (Å²) in [4.78, 5) is 11.1. The molecule has 3 heteroatoms. The van der Waals surface area contributed by atoms with Crippen LogP contribution in [0.3, 0.4) is 0 Å². The van der Waals surface area contributed by atoms with Gasteiger partial charge in [0.05, 0.1) is 0 Å². The van der Waals surface area contributed by atoms with Gasteiger partial charge >= 0.3 is 70.2 Å². The van der Waals surface area contributed by atoms with E-state index in [4.69, 9.17) is 7.33 Å². The quantitative estimate of drug-likeness (QED) is 0.473. The topological polar surface area (TPSA) is 17.1 Å². The summed E-state index contributed by atoms with van der Waals surface area (Å²) in [5.41, 5.74) is 0.453. The predicted molar refractivity (Wildman–Crippen MR) is 45.0 cm³/mol.